The molecule has 0 aliphatic rings. The molecular weight excluding hydrogens is 226 g/mol. The number of nitrogens with two attached hydrogens (primary N) is 1. The van der Waals surface area contributed by atoms with E-state index in [0.717, 1.165) is 18.4 Å². The number of ketones is 2. The van der Waals surface area contributed by atoms with Crippen LogP contribution in [0.25, 0.3) is 0 Å². The third kappa shape index (κ3) is 3.77. The summed E-state index contributed by atoms with van der Waals surface area (Å²) >= 11 is 0. The number of Topliss-reactive ketones (excluding diaryl/α,β-unsaturated/α-hetero) is 2. The zero-order valence-electron chi connectivity index (χ0n) is 11.3. The molecule has 0 radical (unpaired) electrons. The van der Waals surface area contributed by atoms with Crippen LogP contribution in [-0.2, 0) is 11.2 Å². The van der Waals surface area contributed by atoms with Gasteiger partial charge in [0.15, 0.2) is 0 Å². The van der Waals surface area contributed by atoms with Gasteiger partial charge in [-0.1, -0.05) is 45.0 Å². The Labute approximate surface area is 108 Å². The van der Waals surface area contributed by atoms with Crippen LogP contribution in [0.3, 0.4) is 0 Å². The molecule has 0 aromatic heterocycles. The van der Waals surface area contributed by atoms with Gasteiger partial charge in [0.05, 0.1) is 0 Å². The topological polar surface area (TPSA) is 60.2 Å². The molecule has 0 fully saturated rings. The maximum absolute atomic E-state index is 11.8. The predicted molar refractivity (Wildman–Crippen MR) is 72.6 cm³/mol. The number of carbonyl (C=O) groups is 2. The molecule has 1 rings (SSSR count). The van der Waals surface area contributed by atoms with E-state index in [1.165, 1.54) is 0 Å². The van der Waals surface area contributed by atoms with Gasteiger partial charge in [-0.05, 0) is 18.4 Å². The van der Waals surface area contributed by atoms with Crippen LogP contribution < -0.4 is 5.73 Å². The first kappa shape index (κ1) is 14.6. The van der Waals surface area contributed by atoms with E-state index in [1.54, 1.807) is 26.0 Å². The molecule has 1 aromatic carbocycles. The van der Waals surface area contributed by atoms with Crippen molar-refractivity contribution in [2.75, 3.05) is 0 Å². The summed E-state index contributed by atoms with van der Waals surface area (Å²) in [5, 5.41) is 0. The van der Waals surface area contributed by atoms with Gasteiger partial charge in [-0.3, -0.25) is 9.59 Å². The maximum atomic E-state index is 11.8. The monoisotopic (exact) mass is 247 g/mol. The highest BCUT2D eigenvalue weighted by Crippen LogP contribution is 2.10. The van der Waals surface area contributed by atoms with Gasteiger partial charge in [0.2, 0.25) is 11.6 Å². The van der Waals surface area contributed by atoms with E-state index >= 15 is 0 Å². The van der Waals surface area contributed by atoms with Crippen LogP contribution in [0.1, 0.15) is 43.1 Å². The summed E-state index contributed by atoms with van der Waals surface area (Å²) in [5.41, 5.74) is 7.43. The smallest absolute Gasteiger partial charge is 0.228 e. The Morgan fingerprint density at radius 1 is 1.17 bits per heavy atom. The third-order valence-electron chi connectivity index (χ3n) is 2.99. The summed E-state index contributed by atoms with van der Waals surface area (Å²) in [6, 6.07) is 7.30. The molecule has 0 saturated carbocycles. The number of hydrogen-bond donors (Lipinski definition) is 1. The van der Waals surface area contributed by atoms with Crippen LogP contribution in [0.15, 0.2) is 24.3 Å². The minimum atomic E-state index is -0.406. The Morgan fingerprint density at radius 3 is 2.17 bits per heavy atom. The molecule has 1 atom stereocenters. The molecule has 3 nitrogen and oxygen atoms in total. The molecule has 0 aliphatic heterocycles. The quantitative estimate of drug-likeness (QED) is 0.620. The van der Waals surface area contributed by atoms with E-state index in [-0.39, 0.29) is 17.7 Å². The summed E-state index contributed by atoms with van der Waals surface area (Å²) in [6.45, 7) is 5.51. The van der Waals surface area contributed by atoms with E-state index in [9.17, 15) is 9.59 Å². The SMILES string of the molecule is CC[C@@H](N)Cc1ccc(C(=O)C(=O)C(C)C)cc1. The largest absolute Gasteiger partial charge is 0.327 e. The average Bonchev–Trinajstić information content (AvgIpc) is 2.37. The van der Waals surface area contributed by atoms with Crippen molar-refractivity contribution in [3.63, 3.8) is 0 Å². The number of carbonyl (C=O) groups excluding carboxylic acids is 2. The van der Waals surface area contributed by atoms with E-state index in [4.69, 9.17) is 5.73 Å². The first-order valence-corrected chi connectivity index (χ1v) is 6.38. The highest BCUT2D eigenvalue weighted by Gasteiger charge is 2.19. The lowest BCUT2D eigenvalue weighted by Crippen LogP contribution is -2.22. The highest BCUT2D eigenvalue weighted by molar-refractivity contribution is 6.44. The van der Waals surface area contributed by atoms with Crippen molar-refractivity contribution >= 4 is 11.6 Å². The maximum Gasteiger partial charge on any atom is 0.228 e. The zero-order valence-corrected chi connectivity index (χ0v) is 11.3. The first-order chi connectivity index (χ1) is 8.45. The molecule has 2 N–H and O–H groups in total. The number of rotatable bonds is 6. The summed E-state index contributed by atoms with van der Waals surface area (Å²) in [4.78, 5) is 23.4. The molecule has 0 saturated heterocycles. The van der Waals surface area contributed by atoms with E-state index in [2.05, 4.69) is 0 Å². The molecule has 0 aliphatic carbocycles. The fourth-order valence-corrected chi connectivity index (χ4v) is 1.64. The Kier molecular flexibility index (Phi) is 5.23. The molecule has 18 heavy (non-hydrogen) atoms. The summed E-state index contributed by atoms with van der Waals surface area (Å²) in [6.07, 6.45) is 1.72. The Hall–Kier alpha value is -1.48. The van der Waals surface area contributed by atoms with Crippen LogP contribution in [0.5, 0.6) is 0 Å². The average molecular weight is 247 g/mol. The van der Waals surface area contributed by atoms with Crippen molar-refractivity contribution in [2.45, 2.75) is 39.7 Å². The van der Waals surface area contributed by atoms with Crippen LogP contribution in [0.4, 0.5) is 0 Å². The van der Waals surface area contributed by atoms with Crippen LogP contribution in [0, 0.1) is 5.92 Å². The van der Waals surface area contributed by atoms with Crippen molar-refractivity contribution in [1.29, 1.82) is 0 Å². The third-order valence-corrected chi connectivity index (χ3v) is 2.99. The second kappa shape index (κ2) is 6.45. The Bertz CT molecular complexity index is 421. The van der Waals surface area contributed by atoms with Gasteiger partial charge in [0.1, 0.15) is 0 Å². The van der Waals surface area contributed by atoms with E-state index in [0.29, 0.717) is 5.56 Å². The van der Waals surface area contributed by atoms with Gasteiger partial charge < -0.3 is 5.73 Å². The summed E-state index contributed by atoms with van der Waals surface area (Å²) in [7, 11) is 0. The van der Waals surface area contributed by atoms with Gasteiger partial charge in [-0.15, -0.1) is 0 Å². The second-order valence-corrected chi connectivity index (χ2v) is 4.92. The van der Waals surface area contributed by atoms with E-state index < -0.39 is 5.78 Å². The van der Waals surface area contributed by atoms with Crippen molar-refractivity contribution in [3.8, 4) is 0 Å². The lowest BCUT2D eigenvalue weighted by molar-refractivity contribution is -0.117. The molecule has 98 valence electrons. The number of hydrogen-bond acceptors (Lipinski definition) is 3. The fraction of sp³-hybridized carbons (Fsp3) is 0.467. The summed E-state index contributed by atoms with van der Waals surface area (Å²) in [5.74, 6) is -1.00. The van der Waals surface area contributed by atoms with E-state index in [1.807, 2.05) is 19.1 Å². The van der Waals surface area contributed by atoms with Crippen LogP contribution >= 0.6 is 0 Å². The van der Waals surface area contributed by atoms with Crippen molar-refractivity contribution in [2.24, 2.45) is 11.7 Å². The van der Waals surface area contributed by atoms with Crippen molar-refractivity contribution in [3.05, 3.63) is 35.4 Å². The van der Waals surface area contributed by atoms with Crippen LogP contribution in [-0.4, -0.2) is 17.6 Å². The fourth-order valence-electron chi connectivity index (χ4n) is 1.64. The lowest BCUT2D eigenvalue weighted by Gasteiger charge is -2.09. The first-order valence-electron chi connectivity index (χ1n) is 6.38. The Balaban J connectivity index is 2.77. The molecule has 0 spiro atoms. The standard InChI is InChI=1S/C15H21NO2/c1-4-13(16)9-11-5-7-12(8-6-11)15(18)14(17)10(2)3/h5-8,10,13H,4,9,16H2,1-3H3/t13-/m1/s1. The molecular formula is C15H21NO2. The molecule has 1 aromatic rings. The Morgan fingerprint density at radius 2 is 1.72 bits per heavy atom. The minimum Gasteiger partial charge on any atom is -0.327 e. The minimum absolute atomic E-state index is 0.142. The summed E-state index contributed by atoms with van der Waals surface area (Å²) < 4.78 is 0. The van der Waals surface area contributed by atoms with Gasteiger partial charge in [-0.2, -0.15) is 0 Å². The van der Waals surface area contributed by atoms with Gasteiger partial charge >= 0.3 is 0 Å². The number of benzene rings is 1. The predicted octanol–water partition coefficient (Wildman–Crippen LogP) is 2.37. The van der Waals surface area contributed by atoms with Crippen LogP contribution in [0.2, 0.25) is 0 Å². The van der Waals surface area contributed by atoms with Gasteiger partial charge in [0.25, 0.3) is 0 Å². The van der Waals surface area contributed by atoms with Gasteiger partial charge in [-0.25, -0.2) is 0 Å². The second-order valence-electron chi connectivity index (χ2n) is 4.92. The molecule has 0 bridgehead atoms. The molecule has 0 amide bonds. The highest BCUT2D eigenvalue weighted by atomic mass is 16.2. The molecule has 0 unspecified atom stereocenters. The molecule has 0 heterocycles. The van der Waals surface area contributed by atoms with Gasteiger partial charge in [0, 0.05) is 17.5 Å². The van der Waals surface area contributed by atoms with Crippen molar-refractivity contribution in [1.82, 2.24) is 0 Å². The lowest BCUT2D eigenvalue weighted by atomic mass is 9.97. The normalized spacial score (nSPS) is 12.5. The molecule has 3 heteroatoms. The zero-order chi connectivity index (χ0) is 13.7. The van der Waals surface area contributed by atoms with Crippen molar-refractivity contribution < 1.29 is 9.59 Å².